The molecule has 0 unspecified atom stereocenters. The molecule has 0 saturated heterocycles. The number of allylic oxidation sites excluding steroid dienone is 1. The summed E-state index contributed by atoms with van der Waals surface area (Å²) >= 11 is 1.52. The Labute approximate surface area is 163 Å². The first-order chi connectivity index (χ1) is 13.1. The van der Waals surface area contributed by atoms with E-state index in [-0.39, 0.29) is 5.91 Å². The Bertz CT molecular complexity index is 1030. The number of hydrogen-bond donors (Lipinski definition) is 0. The molecule has 0 N–H and O–H groups in total. The molecule has 0 radical (unpaired) electrons. The molecular formula is C22H24N2O2S. The summed E-state index contributed by atoms with van der Waals surface area (Å²) in [5.74, 6) is 0.439. The molecule has 0 spiro atoms. The molecule has 3 rings (SSSR count). The standard InChI is InChI=1S/C22H24N2O2S/c1-4-6-14-26-18-11-8-10-17(15-18)21(25)23-22-24(13-5-2)20-16(3)9-7-12-19(20)27-22/h5,7-12,15H,2,4,6,13-14H2,1,3H3. The fourth-order valence-electron chi connectivity index (χ4n) is 2.90. The third kappa shape index (κ3) is 4.37. The van der Waals surface area contributed by atoms with Gasteiger partial charge in [0.25, 0.3) is 5.91 Å². The molecule has 0 saturated carbocycles. The predicted molar refractivity (Wildman–Crippen MR) is 111 cm³/mol. The van der Waals surface area contributed by atoms with Crippen molar-refractivity contribution in [2.24, 2.45) is 4.99 Å². The highest BCUT2D eigenvalue weighted by molar-refractivity contribution is 7.16. The highest BCUT2D eigenvalue weighted by Gasteiger charge is 2.11. The molecule has 1 aromatic heterocycles. The Morgan fingerprint density at radius 1 is 1.30 bits per heavy atom. The van der Waals surface area contributed by atoms with Crippen LogP contribution >= 0.6 is 11.3 Å². The normalized spacial score (nSPS) is 11.7. The summed E-state index contributed by atoms with van der Waals surface area (Å²) in [4.78, 5) is 17.8. The fraction of sp³-hybridized carbons (Fsp3) is 0.273. The molecule has 1 heterocycles. The number of thiazole rings is 1. The number of aromatic nitrogens is 1. The number of amides is 1. The van der Waals surface area contributed by atoms with Crippen LogP contribution in [0.25, 0.3) is 10.2 Å². The number of hydrogen-bond acceptors (Lipinski definition) is 3. The van der Waals surface area contributed by atoms with Gasteiger partial charge < -0.3 is 9.30 Å². The van der Waals surface area contributed by atoms with Crippen LogP contribution in [0.2, 0.25) is 0 Å². The molecule has 5 heteroatoms. The lowest BCUT2D eigenvalue weighted by Crippen LogP contribution is -2.16. The largest absolute Gasteiger partial charge is 0.494 e. The predicted octanol–water partition coefficient (Wildman–Crippen LogP) is 5.12. The number of fused-ring (bicyclic) bond motifs is 1. The minimum atomic E-state index is -0.266. The number of rotatable bonds is 7. The average molecular weight is 381 g/mol. The van der Waals surface area contributed by atoms with Crippen LogP contribution in [0.5, 0.6) is 5.75 Å². The van der Waals surface area contributed by atoms with Crippen molar-refractivity contribution in [3.8, 4) is 5.75 Å². The SMILES string of the molecule is C=CCn1c(=NC(=O)c2cccc(OCCCC)c2)sc2cccc(C)c21. The van der Waals surface area contributed by atoms with Gasteiger partial charge in [0.15, 0.2) is 4.80 Å². The Kier molecular flexibility index (Phi) is 6.24. The zero-order valence-corrected chi connectivity index (χ0v) is 16.6. The molecule has 0 aliphatic carbocycles. The highest BCUT2D eigenvalue weighted by Crippen LogP contribution is 2.21. The van der Waals surface area contributed by atoms with Crippen molar-refractivity contribution < 1.29 is 9.53 Å². The number of carbonyl (C=O) groups excluding carboxylic acids is 1. The van der Waals surface area contributed by atoms with E-state index in [9.17, 15) is 4.79 Å². The number of nitrogens with zero attached hydrogens (tertiary/aromatic N) is 2. The monoisotopic (exact) mass is 380 g/mol. The summed E-state index contributed by atoms with van der Waals surface area (Å²) in [7, 11) is 0. The van der Waals surface area contributed by atoms with Crippen molar-refractivity contribution >= 4 is 27.5 Å². The third-order valence-electron chi connectivity index (χ3n) is 4.26. The van der Waals surface area contributed by atoms with Crippen molar-refractivity contribution in [2.45, 2.75) is 33.2 Å². The smallest absolute Gasteiger partial charge is 0.279 e. The van der Waals surface area contributed by atoms with Gasteiger partial charge in [0.2, 0.25) is 0 Å². The van der Waals surface area contributed by atoms with E-state index in [1.54, 1.807) is 12.1 Å². The molecule has 4 nitrogen and oxygen atoms in total. The molecule has 0 bridgehead atoms. The van der Waals surface area contributed by atoms with Gasteiger partial charge in [-0.05, 0) is 43.2 Å². The maximum atomic E-state index is 12.8. The van der Waals surface area contributed by atoms with Crippen molar-refractivity contribution in [3.05, 3.63) is 71.0 Å². The molecule has 0 fully saturated rings. The van der Waals surface area contributed by atoms with Gasteiger partial charge in [-0.2, -0.15) is 4.99 Å². The van der Waals surface area contributed by atoms with Gasteiger partial charge in [-0.25, -0.2) is 0 Å². The minimum Gasteiger partial charge on any atom is -0.494 e. The molecule has 0 aliphatic heterocycles. The van der Waals surface area contributed by atoms with Gasteiger partial charge in [0.05, 0.1) is 16.8 Å². The second kappa shape index (κ2) is 8.82. The van der Waals surface area contributed by atoms with Gasteiger partial charge >= 0.3 is 0 Å². The van der Waals surface area contributed by atoms with E-state index in [0.717, 1.165) is 28.6 Å². The quantitative estimate of drug-likeness (QED) is 0.422. The van der Waals surface area contributed by atoms with Crippen molar-refractivity contribution in [2.75, 3.05) is 6.61 Å². The highest BCUT2D eigenvalue weighted by atomic mass is 32.1. The van der Waals surface area contributed by atoms with Crippen LogP contribution in [-0.4, -0.2) is 17.1 Å². The Hall–Kier alpha value is -2.66. The Morgan fingerprint density at radius 3 is 2.89 bits per heavy atom. The molecule has 3 aromatic rings. The molecule has 0 atom stereocenters. The molecular weight excluding hydrogens is 356 g/mol. The van der Waals surface area contributed by atoms with Gasteiger partial charge in [0, 0.05) is 12.1 Å². The van der Waals surface area contributed by atoms with Gasteiger partial charge in [-0.3, -0.25) is 4.79 Å². The third-order valence-corrected chi connectivity index (χ3v) is 5.30. The number of unbranched alkanes of at least 4 members (excludes halogenated alkanes) is 1. The number of aryl methyl sites for hydroxylation is 1. The van der Waals surface area contributed by atoms with E-state index in [0.29, 0.717) is 29.3 Å². The van der Waals surface area contributed by atoms with E-state index >= 15 is 0 Å². The fourth-order valence-corrected chi connectivity index (χ4v) is 4.01. The summed E-state index contributed by atoms with van der Waals surface area (Å²) in [6.45, 7) is 9.28. The van der Waals surface area contributed by atoms with Crippen LogP contribution in [-0.2, 0) is 6.54 Å². The second-order valence-electron chi connectivity index (χ2n) is 6.35. The maximum Gasteiger partial charge on any atom is 0.279 e. The summed E-state index contributed by atoms with van der Waals surface area (Å²) in [6, 6.07) is 13.4. The van der Waals surface area contributed by atoms with E-state index in [1.807, 2.05) is 28.8 Å². The number of carbonyl (C=O) groups is 1. The lowest BCUT2D eigenvalue weighted by molar-refractivity contribution is 0.0997. The van der Waals surface area contributed by atoms with Crippen LogP contribution in [0.3, 0.4) is 0 Å². The van der Waals surface area contributed by atoms with Gasteiger partial charge in [0.1, 0.15) is 5.75 Å². The van der Waals surface area contributed by atoms with E-state index in [1.165, 1.54) is 11.3 Å². The van der Waals surface area contributed by atoms with Crippen molar-refractivity contribution in [1.29, 1.82) is 0 Å². The number of ether oxygens (including phenoxy) is 1. The van der Waals surface area contributed by atoms with Crippen molar-refractivity contribution in [3.63, 3.8) is 0 Å². The first-order valence-corrected chi connectivity index (χ1v) is 9.97. The Morgan fingerprint density at radius 2 is 2.11 bits per heavy atom. The van der Waals surface area contributed by atoms with Gasteiger partial charge in [-0.1, -0.05) is 49.0 Å². The maximum absolute atomic E-state index is 12.8. The van der Waals surface area contributed by atoms with E-state index < -0.39 is 0 Å². The summed E-state index contributed by atoms with van der Waals surface area (Å²) < 4.78 is 8.86. The van der Waals surface area contributed by atoms with Crippen LogP contribution in [0, 0.1) is 6.92 Å². The minimum absolute atomic E-state index is 0.266. The molecule has 2 aromatic carbocycles. The van der Waals surface area contributed by atoms with Gasteiger partial charge in [-0.15, -0.1) is 6.58 Å². The number of benzene rings is 2. The first kappa shape index (κ1) is 19.1. The lowest BCUT2D eigenvalue weighted by Gasteiger charge is -2.06. The average Bonchev–Trinajstić information content (AvgIpc) is 3.01. The zero-order chi connectivity index (χ0) is 19.2. The number of para-hydroxylation sites is 1. The van der Waals surface area contributed by atoms with Crippen LogP contribution < -0.4 is 9.54 Å². The molecule has 140 valence electrons. The Balaban J connectivity index is 1.98. The topological polar surface area (TPSA) is 43.6 Å². The molecule has 0 aliphatic rings. The first-order valence-electron chi connectivity index (χ1n) is 9.15. The second-order valence-corrected chi connectivity index (χ2v) is 7.36. The molecule has 1 amide bonds. The van der Waals surface area contributed by atoms with Crippen LogP contribution in [0.4, 0.5) is 0 Å². The molecule has 27 heavy (non-hydrogen) atoms. The van der Waals surface area contributed by atoms with E-state index in [4.69, 9.17) is 4.74 Å². The summed E-state index contributed by atoms with van der Waals surface area (Å²) in [6.07, 6.45) is 3.89. The van der Waals surface area contributed by atoms with Crippen molar-refractivity contribution in [1.82, 2.24) is 4.57 Å². The summed E-state index contributed by atoms with van der Waals surface area (Å²) in [5.41, 5.74) is 2.79. The van der Waals surface area contributed by atoms with Crippen LogP contribution in [0.15, 0.2) is 60.1 Å². The van der Waals surface area contributed by atoms with Crippen LogP contribution in [0.1, 0.15) is 35.7 Å². The van der Waals surface area contributed by atoms with E-state index in [2.05, 4.69) is 37.6 Å². The zero-order valence-electron chi connectivity index (χ0n) is 15.8. The lowest BCUT2D eigenvalue weighted by atomic mass is 10.2. The summed E-state index contributed by atoms with van der Waals surface area (Å²) in [5, 5.41) is 0.